The molecule has 1 unspecified atom stereocenters. The zero-order valence-corrected chi connectivity index (χ0v) is 9.35. The first kappa shape index (κ1) is 10.6. The summed E-state index contributed by atoms with van der Waals surface area (Å²) in [6, 6.07) is 0.513. The molecule has 2 aliphatic rings. The van der Waals surface area contributed by atoms with E-state index in [1.165, 1.54) is 12.8 Å². The van der Waals surface area contributed by atoms with E-state index in [9.17, 15) is 4.21 Å². The summed E-state index contributed by atoms with van der Waals surface area (Å²) < 4.78 is 17.2. The molecule has 0 aromatic carbocycles. The molecule has 0 radical (unpaired) electrons. The molecule has 2 atom stereocenters. The van der Waals surface area contributed by atoms with Crippen molar-refractivity contribution in [2.45, 2.75) is 37.0 Å². The summed E-state index contributed by atoms with van der Waals surface area (Å²) >= 11 is 0. The fourth-order valence-corrected chi connectivity index (χ4v) is 3.84. The Morgan fingerprint density at radius 3 is 2.71 bits per heavy atom. The zero-order valence-electron chi connectivity index (χ0n) is 8.54. The van der Waals surface area contributed by atoms with Gasteiger partial charge < -0.3 is 10.1 Å². The molecule has 2 fully saturated rings. The number of nitrogens with one attached hydrogen (secondary N) is 1. The third kappa shape index (κ3) is 2.78. The molecule has 0 spiro atoms. The molecule has 1 N–H and O–H groups in total. The van der Waals surface area contributed by atoms with Gasteiger partial charge in [0.15, 0.2) is 0 Å². The summed E-state index contributed by atoms with van der Waals surface area (Å²) in [6.45, 7) is 2.71. The van der Waals surface area contributed by atoms with Crippen LogP contribution in [0.1, 0.15) is 25.7 Å². The Hall–Kier alpha value is 0.0700. The molecule has 2 aliphatic heterocycles. The topological polar surface area (TPSA) is 38.3 Å². The predicted molar refractivity (Wildman–Crippen MR) is 57.9 cm³/mol. The van der Waals surface area contributed by atoms with Crippen molar-refractivity contribution in [2.24, 2.45) is 0 Å². The van der Waals surface area contributed by atoms with Crippen molar-refractivity contribution < 1.29 is 8.95 Å². The Morgan fingerprint density at radius 1 is 1.29 bits per heavy atom. The number of hydrogen-bond donors (Lipinski definition) is 1. The van der Waals surface area contributed by atoms with Gasteiger partial charge in [-0.15, -0.1) is 0 Å². The first-order valence-corrected chi connectivity index (χ1v) is 6.93. The number of rotatable bonds is 3. The quantitative estimate of drug-likeness (QED) is 0.755. The summed E-state index contributed by atoms with van der Waals surface area (Å²) in [4.78, 5) is 0. The van der Waals surface area contributed by atoms with E-state index in [2.05, 4.69) is 5.32 Å². The minimum absolute atomic E-state index is 0.395. The second-order valence-electron chi connectivity index (χ2n) is 4.15. The van der Waals surface area contributed by atoms with Gasteiger partial charge in [-0.05, 0) is 32.2 Å². The molecule has 0 bridgehead atoms. The molecule has 4 heteroatoms. The molecule has 0 amide bonds. The van der Waals surface area contributed by atoms with E-state index in [1.807, 2.05) is 0 Å². The van der Waals surface area contributed by atoms with Crippen LogP contribution in [0.2, 0.25) is 0 Å². The van der Waals surface area contributed by atoms with Gasteiger partial charge in [-0.25, -0.2) is 0 Å². The van der Waals surface area contributed by atoms with Gasteiger partial charge >= 0.3 is 0 Å². The lowest BCUT2D eigenvalue weighted by atomic mass is 10.2. The highest BCUT2D eigenvalue weighted by Gasteiger charge is 2.24. The maximum atomic E-state index is 12.0. The minimum atomic E-state index is -0.639. The summed E-state index contributed by atoms with van der Waals surface area (Å²) in [5, 5.41) is 3.80. The Labute approximate surface area is 88.0 Å². The largest absolute Gasteiger partial charge is 0.381 e. The SMILES string of the molecule is O=S(C[C@H]1CCCN1)C1CCOCC1. The average molecular weight is 217 g/mol. The molecule has 2 heterocycles. The molecule has 82 valence electrons. The second-order valence-corrected chi connectivity index (χ2v) is 5.91. The van der Waals surface area contributed by atoms with Crippen molar-refractivity contribution in [3.8, 4) is 0 Å². The number of ether oxygens (including phenoxy) is 1. The predicted octanol–water partition coefficient (Wildman–Crippen LogP) is 0.666. The molecule has 0 saturated carbocycles. The van der Waals surface area contributed by atoms with Crippen molar-refractivity contribution in [3.05, 3.63) is 0 Å². The highest BCUT2D eigenvalue weighted by Crippen LogP contribution is 2.16. The first-order chi connectivity index (χ1) is 6.86. The van der Waals surface area contributed by atoms with Crippen LogP contribution in [0.5, 0.6) is 0 Å². The van der Waals surface area contributed by atoms with Crippen LogP contribution in [0.15, 0.2) is 0 Å². The van der Waals surface area contributed by atoms with Gasteiger partial charge in [-0.2, -0.15) is 0 Å². The number of hydrogen-bond acceptors (Lipinski definition) is 3. The Morgan fingerprint density at radius 2 is 2.07 bits per heavy atom. The van der Waals surface area contributed by atoms with Gasteiger partial charge in [0.25, 0.3) is 0 Å². The van der Waals surface area contributed by atoms with Crippen molar-refractivity contribution in [3.63, 3.8) is 0 Å². The zero-order chi connectivity index (χ0) is 9.80. The highest BCUT2D eigenvalue weighted by atomic mass is 32.2. The van der Waals surface area contributed by atoms with Crippen LogP contribution in [-0.2, 0) is 15.5 Å². The average Bonchev–Trinajstić information content (AvgIpc) is 2.72. The Balaban J connectivity index is 1.75. The van der Waals surface area contributed by atoms with Crippen LogP contribution < -0.4 is 5.32 Å². The van der Waals surface area contributed by atoms with Crippen LogP contribution in [0.3, 0.4) is 0 Å². The summed E-state index contributed by atoms with van der Waals surface area (Å²) in [5.41, 5.74) is 0. The maximum absolute atomic E-state index is 12.0. The van der Waals surface area contributed by atoms with E-state index in [0.29, 0.717) is 11.3 Å². The van der Waals surface area contributed by atoms with Crippen LogP contribution >= 0.6 is 0 Å². The lowest BCUT2D eigenvalue weighted by Crippen LogP contribution is -2.34. The fraction of sp³-hybridized carbons (Fsp3) is 1.00. The smallest absolute Gasteiger partial charge is 0.0477 e. The molecular formula is C10H19NO2S. The van der Waals surface area contributed by atoms with Crippen molar-refractivity contribution in [1.82, 2.24) is 5.32 Å². The molecule has 14 heavy (non-hydrogen) atoms. The van der Waals surface area contributed by atoms with Gasteiger partial charge in [0, 0.05) is 41.1 Å². The van der Waals surface area contributed by atoms with E-state index >= 15 is 0 Å². The summed E-state index contributed by atoms with van der Waals surface area (Å²) in [7, 11) is -0.639. The van der Waals surface area contributed by atoms with Gasteiger partial charge in [-0.3, -0.25) is 4.21 Å². The van der Waals surface area contributed by atoms with E-state index in [1.54, 1.807) is 0 Å². The Kier molecular flexibility index (Phi) is 3.96. The third-order valence-electron chi connectivity index (χ3n) is 3.07. The maximum Gasteiger partial charge on any atom is 0.0477 e. The molecular weight excluding hydrogens is 198 g/mol. The van der Waals surface area contributed by atoms with Crippen LogP contribution in [0.4, 0.5) is 0 Å². The molecule has 3 nitrogen and oxygen atoms in total. The second kappa shape index (κ2) is 5.24. The van der Waals surface area contributed by atoms with Gasteiger partial charge in [0.2, 0.25) is 0 Å². The van der Waals surface area contributed by atoms with Crippen molar-refractivity contribution in [1.29, 1.82) is 0 Å². The van der Waals surface area contributed by atoms with E-state index in [-0.39, 0.29) is 0 Å². The molecule has 0 aliphatic carbocycles. The monoisotopic (exact) mass is 217 g/mol. The van der Waals surface area contributed by atoms with Gasteiger partial charge in [0.1, 0.15) is 0 Å². The molecule has 0 aromatic rings. The fourth-order valence-electron chi connectivity index (χ4n) is 2.17. The van der Waals surface area contributed by atoms with Crippen LogP contribution in [-0.4, -0.2) is 41.0 Å². The molecule has 2 rings (SSSR count). The Bertz CT molecular complexity index is 198. The highest BCUT2D eigenvalue weighted by molar-refractivity contribution is 7.85. The summed E-state index contributed by atoms with van der Waals surface area (Å²) in [5.74, 6) is 0.852. The minimum Gasteiger partial charge on any atom is -0.381 e. The molecule has 2 saturated heterocycles. The lowest BCUT2D eigenvalue weighted by molar-refractivity contribution is 0.0992. The standard InChI is InChI=1S/C10H19NO2S/c12-14(8-9-2-1-5-11-9)10-3-6-13-7-4-10/h9-11H,1-8H2/t9-,14?/m1/s1. The van der Waals surface area contributed by atoms with Crippen LogP contribution in [0, 0.1) is 0 Å². The molecule has 0 aromatic heterocycles. The lowest BCUT2D eigenvalue weighted by Gasteiger charge is -2.22. The van der Waals surface area contributed by atoms with Crippen molar-refractivity contribution in [2.75, 3.05) is 25.5 Å². The van der Waals surface area contributed by atoms with Crippen molar-refractivity contribution >= 4 is 10.8 Å². The third-order valence-corrected chi connectivity index (χ3v) is 5.01. The normalized spacial score (nSPS) is 31.9. The summed E-state index contributed by atoms with van der Waals surface area (Å²) in [6.07, 6.45) is 4.42. The van der Waals surface area contributed by atoms with E-state index in [0.717, 1.165) is 38.4 Å². The van der Waals surface area contributed by atoms with E-state index in [4.69, 9.17) is 4.74 Å². The van der Waals surface area contributed by atoms with Gasteiger partial charge in [0.05, 0.1) is 0 Å². The first-order valence-electron chi connectivity index (χ1n) is 5.54. The van der Waals surface area contributed by atoms with Gasteiger partial charge in [-0.1, -0.05) is 0 Å². The van der Waals surface area contributed by atoms with E-state index < -0.39 is 10.8 Å². The van der Waals surface area contributed by atoms with Crippen LogP contribution in [0.25, 0.3) is 0 Å².